The molecule has 0 saturated carbocycles. The molecule has 1 aromatic carbocycles. The van der Waals surface area contributed by atoms with Crippen LogP contribution >= 0.6 is 11.3 Å². The minimum absolute atomic E-state index is 0.0477. The van der Waals surface area contributed by atoms with E-state index in [0.717, 1.165) is 32.6 Å². The number of halogens is 1. The summed E-state index contributed by atoms with van der Waals surface area (Å²) < 4.78 is 14.1. The maximum atomic E-state index is 14.1. The van der Waals surface area contributed by atoms with Gasteiger partial charge in [-0.05, 0) is 57.8 Å². The summed E-state index contributed by atoms with van der Waals surface area (Å²) in [4.78, 5) is 22.7. The number of hydrogen-bond donors (Lipinski definition) is 0. The Bertz CT molecular complexity index is 800. The molecule has 0 bridgehead atoms. The van der Waals surface area contributed by atoms with E-state index in [1.165, 1.54) is 36.7 Å². The fourth-order valence-electron chi connectivity index (χ4n) is 4.03. The van der Waals surface area contributed by atoms with E-state index in [1.807, 2.05) is 11.8 Å². The molecule has 6 heteroatoms. The predicted molar refractivity (Wildman–Crippen MR) is 102 cm³/mol. The second-order valence-corrected chi connectivity index (χ2v) is 8.20. The van der Waals surface area contributed by atoms with Gasteiger partial charge in [0.15, 0.2) is 0 Å². The molecule has 2 aromatic rings. The maximum Gasteiger partial charge on any atom is 0.265 e. The van der Waals surface area contributed by atoms with Crippen LogP contribution in [0, 0.1) is 12.7 Å². The Balaban J connectivity index is 1.53. The van der Waals surface area contributed by atoms with Gasteiger partial charge in [0.1, 0.15) is 15.7 Å². The van der Waals surface area contributed by atoms with Crippen LogP contribution in [0.25, 0.3) is 10.6 Å². The van der Waals surface area contributed by atoms with E-state index >= 15 is 0 Å². The first-order valence-corrected chi connectivity index (χ1v) is 10.2. The molecule has 26 heavy (non-hydrogen) atoms. The van der Waals surface area contributed by atoms with Crippen LogP contribution < -0.4 is 0 Å². The minimum Gasteiger partial charge on any atom is -0.336 e. The number of hydrogen-bond acceptors (Lipinski definition) is 4. The molecular weight excluding hydrogens is 349 g/mol. The van der Waals surface area contributed by atoms with Crippen molar-refractivity contribution in [1.29, 1.82) is 0 Å². The van der Waals surface area contributed by atoms with Crippen molar-refractivity contribution in [2.45, 2.75) is 38.6 Å². The third-order valence-electron chi connectivity index (χ3n) is 5.44. The normalized spacial score (nSPS) is 21.3. The van der Waals surface area contributed by atoms with E-state index in [4.69, 9.17) is 0 Å². The Morgan fingerprint density at radius 2 is 1.96 bits per heavy atom. The lowest BCUT2D eigenvalue weighted by molar-refractivity contribution is 0.0611. The summed E-state index contributed by atoms with van der Waals surface area (Å²) in [6.07, 6.45) is 4.76. The molecule has 3 heterocycles. The SMILES string of the molecule is Cc1nc(-c2ccccc2F)sc1C(=O)N1CCC[C@H](N2CCCC2)C1. The summed E-state index contributed by atoms with van der Waals surface area (Å²) in [5, 5.41) is 0.581. The Labute approximate surface area is 157 Å². The lowest BCUT2D eigenvalue weighted by Crippen LogP contribution is -2.48. The molecule has 2 fully saturated rings. The minimum atomic E-state index is -0.299. The highest BCUT2D eigenvalue weighted by molar-refractivity contribution is 7.17. The third-order valence-corrected chi connectivity index (χ3v) is 6.61. The largest absolute Gasteiger partial charge is 0.336 e. The van der Waals surface area contributed by atoms with Gasteiger partial charge in [0.05, 0.1) is 5.69 Å². The molecule has 138 valence electrons. The van der Waals surface area contributed by atoms with Crippen molar-refractivity contribution in [3.63, 3.8) is 0 Å². The molecule has 0 unspecified atom stereocenters. The van der Waals surface area contributed by atoms with Crippen molar-refractivity contribution in [1.82, 2.24) is 14.8 Å². The summed E-state index contributed by atoms with van der Waals surface area (Å²) in [7, 11) is 0. The van der Waals surface area contributed by atoms with Gasteiger partial charge in [0, 0.05) is 24.7 Å². The standard InChI is InChI=1S/C20H24FN3OS/c1-14-18(26-19(22-14)16-8-2-3-9-17(16)21)20(25)24-12-6-7-15(13-24)23-10-4-5-11-23/h2-3,8-9,15H,4-7,10-13H2,1H3/t15-/m0/s1. The highest BCUT2D eigenvalue weighted by Gasteiger charge is 2.31. The first kappa shape index (κ1) is 17.6. The van der Waals surface area contributed by atoms with Crippen molar-refractivity contribution < 1.29 is 9.18 Å². The Morgan fingerprint density at radius 1 is 1.19 bits per heavy atom. The van der Waals surface area contributed by atoms with Crippen molar-refractivity contribution in [3.05, 3.63) is 40.7 Å². The van der Waals surface area contributed by atoms with E-state index in [9.17, 15) is 9.18 Å². The number of amides is 1. The topological polar surface area (TPSA) is 36.4 Å². The lowest BCUT2D eigenvalue weighted by atomic mass is 10.0. The van der Waals surface area contributed by atoms with Gasteiger partial charge in [-0.3, -0.25) is 9.69 Å². The smallest absolute Gasteiger partial charge is 0.265 e. The maximum absolute atomic E-state index is 14.1. The van der Waals surface area contributed by atoms with Gasteiger partial charge >= 0.3 is 0 Å². The molecule has 1 aromatic heterocycles. The van der Waals surface area contributed by atoms with Crippen LogP contribution in [0.1, 0.15) is 41.0 Å². The number of nitrogens with zero attached hydrogens (tertiary/aromatic N) is 3. The highest BCUT2D eigenvalue weighted by atomic mass is 32.1. The molecule has 1 amide bonds. The Hall–Kier alpha value is -1.79. The van der Waals surface area contributed by atoms with Crippen LogP contribution in [0.3, 0.4) is 0 Å². The van der Waals surface area contributed by atoms with E-state index in [0.29, 0.717) is 27.2 Å². The van der Waals surface area contributed by atoms with Crippen LogP contribution in [0.2, 0.25) is 0 Å². The molecule has 2 aliphatic rings. The van der Waals surface area contributed by atoms with Gasteiger partial charge in [-0.25, -0.2) is 9.37 Å². The van der Waals surface area contributed by atoms with Gasteiger partial charge in [-0.2, -0.15) is 0 Å². The number of benzene rings is 1. The van der Waals surface area contributed by atoms with Gasteiger partial charge in [-0.1, -0.05) is 12.1 Å². The first-order chi connectivity index (χ1) is 12.6. The van der Waals surface area contributed by atoms with Gasteiger partial charge in [0.25, 0.3) is 5.91 Å². The van der Waals surface area contributed by atoms with Gasteiger partial charge in [-0.15, -0.1) is 11.3 Å². The van der Waals surface area contributed by atoms with E-state index in [2.05, 4.69) is 9.88 Å². The quantitative estimate of drug-likeness (QED) is 0.817. The fourth-order valence-corrected chi connectivity index (χ4v) is 5.09. The summed E-state index contributed by atoms with van der Waals surface area (Å²) in [6, 6.07) is 7.08. The van der Waals surface area contributed by atoms with Crippen LogP contribution in [0.15, 0.2) is 24.3 Å². The second-order valence-electron chi connectivity index (χ2n) is 7.20. The number of aryl methyl sites for hydroxylation is 1. The van der Waals surface area contributed by atoms with E-state index in [1.54, 1.807) is 18.2 Å². The number of carbonyl (C=O) groups is 1. The zero-order valence-electron chi connectivity index (χ0n) is 15.1. The molecule has 4 rings (SSSR count). The lowest BCUT2D eigenvalue weighted by Gasteiger charge is -2.37. The van der Waals surface area contributed by atoms with E-state index < -0.39 is 0 Å². The molecule has 2 aliphatic heterocycles. The predicted octanol–water partition coefficient (Wildman–Crippen LogP) is 3.96. The zero-order chi connectivity index (χ0) is 18.1. The summed E-state index contributed by atoms with van der Waals surface area (Å²) in [5.74, 6) is -0.251. The first-order valence-electron chi connectivity index (χ1n) is 9.39. The monoisotopic (exact) mass is 373 g/mol. The summed E-state index contributed by atoms with van der Waals surface area (Å²) >= 11 is 1.31. The van der Waals surface area contributed by atoms with Crippen LogP contribution in [-0.2, 0) is 0 Å². The van der Waals surface area contributed by atoms with Gasteiger partial charge < -0.3 is 4.90 Å². The Morgan fingerprint density at radius 3 is 2.73 bits per heavy atom. The molecule has 0 radical (unpaired) electrons. The summed E-state index contributed by atoms with van der Waals surface area (Å²) in [6.45, 7) is 5.75. The van der Waals surface area contributed by atoms with Crippen LogP contribution in [0.4, 0.5) is 4.39 Å². The number of carbonyl (C=O) groups excluding carboxylic acids is 1. The van der Waals surface area contributed by atoms with Crippen molar-refractivity contribution in [2.24, 2.45) is 0 Å². The molecule has 1 atom stereocenters. The number of likely N-dealkylation sites (tertiary alicyclic amines) is 2. The molecule has 0 spiro atoms. The fraction of sp³-hybridized carbons (Fsp3) is 0.500. The third kappa shape index (κ3) is 3.40. The number of thiazole rings is 1. The Kier molecular flexibility index (Phi) is 5.05. The molecular formula is C20H24FN3OS. The van der Waals surface area contributed by atoms with E-state index in [-0.39, 0.29) is 11.7 Å². The number of rotatable bonds is 3. The molecule has 2 saturated heterocycles. The summed E-state index contributed by atoms with van der Waals surface area (Å²) in [5.41, 5.74) is 1.16. The van der Waals surface area contributed by atoms with Gasteiger partial charge in [0.2, 0.25) is 0 Å². The van der Waals surface area contributed by atoms with Crippen molar-refractivity contribution in [3.8, 4) is 10.6 Å². The number of aromatic nitrogens is 1. The zero-order valence-corrected chi connectivity index (χ0v) is 15.9. The molecule has 4 nitrogen and oxygen atoms in total. The average molecular weight is 373 g/mol. The van der Waals surface area contributed by atoms with Crippen molar-refractivity contribution in [2.75, 3.05) is 26.2 Å². The molecule has 0 N–H and O–H groups in total. The highest BCUT2D eigenvalue weighted by Crippen LogP contribution is 2.31. The van der Waals surface area contributed by atoms with Crippen LogP contribution in [0.5, 0.6) is 0 Å². The van der Waals surface area contributed by atoms with Crippen LogP contribution in [-0.4, -0.2) is 52.9 Å². The van der Waals surface area contributed by atoms with Crippen molar-refractivity contribution >= 4 is 17.2 Å². The second kappa shape index (κ2) is 7.45. The molecule has 0 aliphatic carbocycles. The average Bonchev–Trinajstić information content (AvgIpc) is 3.32. The number of piperidine rings is 1.